The van der Waals surface area contributed by atoms with Gasteiger partial charge in [0.15, 0.2) is 0 Å². The van der Waals surface area contributed by atoms with Crippen LogP contribution in [-0.2, 0) is 17.9 Å². The maximum absolute atomic E-state index is 11.4. The van der Waals surface area contributed by atoms with Crippen LogP contribution in [0.5, 0.6) is 5.75 Å². The molecule has 6 heteroatoms. The molecule has 1 heterocycles. The first kappa shape index (κ1) is 26.6. The summed E-state index contributed by atoms with van der Waals surface area (Å²) in [5.41, 5.74) is 4.19. The third-order valence-corrected chi connectivity index (χ3v) is 7.37. The van der Waals surface area contributed by atoms with Crippen LogP contribution in [0.25, 0.3) is 11.3 Å². The molecule has 5 nitrogen and oxygen atoms in total. The molecule has 0 saturated carbocycles. The molecule has 1 unspecified atom stereocenters. The lowest BCUT2D eigenvalue weighted by Crippen LogP contribution is -2.28. The van der Waals surface area contributed by atoms with E-state index < -0.39 is 5.97 Å². The third kappa shape index (κ3) is 7.51. The molecule has 3 aromatic carbocycles. The molecule has 0 aliphatic heterocycles. The van der Waals surface area contributed by atoms with E-state index >= 15 is 0 Å². The molecule has 1 atom stereocenters. The molecule has 0 bridgehead atoms. The Balaban J connectivity index is 1.45. The van der Waals surface area contributed by atoms with Crippen molar-refractivity contribution in [2.45, 2.75) is 45.9 Å². The van der Waals surface area contributed by atoms with Crippen LogP contribution in [-0.4, -0.2) is 27.5 Å². The number of carboxylic acid groups (broad SMARTS) is 1. The average Bonchev–Trinajstić information content (AvgIpc) is 3.38. The van der Waals surface area contributed by atoms with Gasteiger partial charge in [-0.1, -0.05) is 74.5 Å². The molecule has 4 aromatic rings. The number of carbonyl (C=O) groups is 1. The normalized spacial score (nSPS) is 12.1. The van der Waals surface area contributed by atoms with Crippen LogP contribution in [0, 0.1) is 5.92 Å². The molecule has 1 N–H and O–H groups in total. The maximum Gasteiger partial charge on any atom is 0.317 e. The van der Waals surface area contributed by atoms with E-state index in [2.05, 4.69) is 38.1 Å². The van der Waals surface area contributed by atoms with Gasteiger partial charge in [-0.3, -0.25) is 9.69 Å². The average molecular weight is 515 g/mol. The lowest BCUT2D eigenvalue weighted by molar-refractivity contribution is -0.138. The van der Waals surface area contributed by atoms with Crippen molar-refractivity contribution >= 4 is 17.3 Å². The minimum absolute atomic E-state index is 0.0118. The molecule has 0 spiro atoms. The van der Waals surface area contributed by atoms with Crippen LogP contribution >= 0.6 is 11.3 Å². The third-order valence-electron chi connectivity index (χ3n) is 6.54. The lowest BCUT2D eigenvalue weighted by Gasteiger charge is -2.27. The molecule has 0 aliphatic carbocycles. The number of carboxylic acids is 1. The van der Waals surface area contributed by atoms with Crippen LogP contribution in [0.4, 0.5) is 0 Å². The van der Waals surface area contributed by atoms with Crippen molar-refractivity contribution in [1.82, 2.24) is 9.88 Å². The van der Waals surface area contributed by atoms with Crippen molar-refractivity contribution in [3.05, 3.63) is 106 Å². The molecule has 0 amide bonds. The second-order valence-corrected chi connectivity index (χ2v) is 10.1. The molecule has 1 aromatic heterocycles. The van der Waals surface area contributed by atoms with E-state index in [-0.39, 0.29) is 12.6 Å². The Kier molecular flexibility index (Phi) is 9.46. The van der Waals surface area contributed by atoms with E-state index in [0.717, 1.165) is 40.4 Å². The number of ether oxygens (including phenoxy) is 1. The Bertz CT molecular complexity index is 1240. The summed E-state index contributed by atoms with van der Waals surface area (Å²) in [6.07, 6.45) is 2.12. The van der Waals surface area contributed by atoms with Gasteiger partial charge in [0, 0.05) is 17.5 Å². The van der Waals surface area contributed by atoms with Gasteiger partial charge in [-0.15, -0.1) is 11.3 Å². The predicted molar refractivity (Wildman–Crippen MR) is 150 cm³/mol. The number of aliphatic carboxylic acids is 1. The SMILES string of the molecule is CCC(CC)C(Oc1ccc(-c2csc(CN(CC(=O)O)Cc3ccccc3)n2)cc1)c1ccccc1. The smallest absolute Gasteiger partial charge is 0.317 e. The van der Waals surface area contributed by atoms with Crippen molar-refractivity contribution in [3.8, 4) is 17.0 Å². The number of nitrogens with zero attached hydrogens (tertiary/aromatic N) is 2. The Hall–Kier alpha value is -3.48. The number of thiazole rings is 1. The summed E-state index contributed by atoms with van der Waals surface area (Å²) in [6, 6.07) is 28.5. The topological polar surface area (TPSA) is 62.7 Å². The van der Waals surface area contributed by atoms with Gasteiger partial charge in [-0.2, -0.15) is 0 Å². The van der Waals surface area contributed by atoms with Crippen molar-refractivity contribution < 1.29 is 14.6 Å². The molecule has 4 rings (SSSR count). The van der Waals surface area contributed by atoms with Gasteiger partial charge in [0.25, 0.3) is 0 Å². The lowest BCUT2D eigenvalue weighted by atomic mass is 9.91. The second kappa shape index (κ2) is 13.2. The highest BCUT2D eigenvalue weighted by atomic mass is 32.1. The monoisotopic (exact) mass is 514 g/mol. The minimum atomic E-state index is -0.842. The summed E-state index contributed by atoms with van der Waals surface area (Å²) < 4.78 is 6.51. The zero-order valence-corrected chi connectivity index (χ0v) is 22.2. The van der Waals surface area contributed by atoms with Crippen LogP contribution in [0.1, 0.15) is 48.9 Å². The number of hydrogen-bond acceptors (Lipinski definition) is 5. The standard InChI is InChI=1S/C31H34N2O3S/c1-3-24(4-2)31(26-13-9-6-10-14-26)36-27-17-15-25(16-18-27)28-22-37-29(32-28)20-33(21-30(34)35)19-23-11-7-5-8-12-23/h5-18,22,24,31H,3-4,19-21H2,1-2H3,(H,34,35). The van der Waals surface area contributed by atoms with Gasteiger partial charge in [-0.05, 0) is 54.2 Å². The van der Waals surface area contributed by atoms with Crippen LogP contribution < -0.4 is 4.74 Å². The van der Waals surface area contributed by atoms with Crippen molar-refractivity contribution in [2.75, 3.05) is 6.54 Å². The van der Waals surface area contributed by atoms with Gasteiger partial charge in [0.1, 0.15) is 16.9 Å². The molecule has 0 aliphatic rings. The van der Waals surface area contributed by atoms with Crippen LogP contribution in [0.3, 0.4) is 0 Å². The largest absolute Gasteiger partial charge is 0.485 e. The molecular formula is C31H34N2O3S. The first-order chi connectivity index (χ1) is 18.1. The molecule has 0 fully saturated rings. The van der Waals surface area contributed by atoms with E-state index in [4.69, 9.17) is 9.72 Å². The van der Waals surface area contributed by atoms with Crippen molar-refractivity contribution in [2.24, 2.45) is 5.92 Å². The first-order valence-corrected chi connectivity index (χ1v) is 13.7. The Morgan fingerprint density at radius 3 is 2.19 bits per heavy atom. The van der Waals surface area contributed by atoms with Gasteiger partial charge in [0.2, 0.25) is 0 Å². The zero-order valence-electron chi connectivity index (χ0n) is 21.4. The van der Waals surface area contributed by atoms with Crippen molar-refractivity contribution in [3.63, 3.8) is 0 Å². The fourth-order valence-corrected chi connectivity index (χ4v) is 5.40. The summed E-state index contributed by atoms with van der Waals surface area (Å²) in [6.45, 7) is 5.45. The van der Waals surface area contributed by atoms with Gasteiger partial charge in [0.05, 0.1) is 18.8 Å². The Morgan fingerprint density at radius 1 is 0.919 bits per heavy atom. The van der Waals surface area contributed by atoms with E-state index in [9.17, 15) is 9.90 Å². The first-order valence-electron chi connectivity index (χ1n) is 12.8. The number of aromatic nitrogens is 1. The Labute approximate surface area is 223 Å². The number of hydrogen-bond donors (Lipinski definition) is 1. The second-order valence-electron chi connectivity index (χ2n) is 9.20. The fourth-order valence-electron chi connectivity index (χ4n) is 4.55. The maximum atomic E-state index is 11.4. The summed E-state index contributed by atoms with van der Waals surface area (Å²) in [5, 5.41) is 12.3. The Morgan fingerprint density at radius 2 is 1.57 bits per heavy atom. The molecule has 192 valence electrons. The highest BCUT2D eigenvalue weighted by Crippen LogP contribution is 2.33. The summed E-state index contributed by atoms with van der Waals surface area (Å²) in [7, 11) is 0. The van der Waals surface area contributed by atoms with Gasteiger partial charge >= 0.3 is 5.97 Å². The fraction of sp³-hybridized carbons (Fsp3) is 0.290. The molecule has 0 saturated heterocycles. The molecule has 37 heavy (non-hydrogen) atoms. The minimum Gasteiger partial charge on any atom is -0.485 e. The molecular weight excluding hydrogens is 480 g/mol. The predicted octanol–water partition coefficient (Wildman–Crippen LogP) is 7.45. The summed E-state index contributed by atoms with van der Waals surface area (Å²) in [5.74, 6) is 0.439. The quantitative estimate of drug-likeness (QED) is 0.201. The molecule has 0 radical (unpaired) electrons. The van der Waals surface area contributed by atoms with Gasteiger partial charge < -0.3 is 9.84 Å². The number of rotatable bonds is 13. The van der Waals surface area contributed by atoms with Crippen LogP contribution in [0.15, 0.2) is 90.3 Å². The van der Waals surface area contributed by atoms with E-state index in [1.165, 1.54) is 5.56 Å². The van der Waals surface area contributed by atoms with E-state index in [0.29, 0.717) is 19.0 Å². The highest BCUT2D eigenvalue weighted by molar-refractivity contribution is 7.09. The van der Waals surface area contributed by atoms with Crippen molar-refractivity contribution in [1.29, 1.82) is 0 Å². The van der Waals surface area contributed by atoms with E-state index in [1.807, 2.05) is 70.9 Å². The van der Waals surface area contributed by atoms with Gasteiger partial charge in [-0.25, -0.2) is 4.98 Å². The summed E-state index contributed by atoms with van der Waals surface area (Å²) in [4.78, 5) is 18.1. The van der Waals surface area contributed by atoms with Crippen LogP contribution in [0.2, 0.25) is 0 Å². The zero-order chi connectivity index (χ0) is 26.0. The number of benzene rings is 3. The van der Waals surface area contributed by atoms with E-state index in [1.54, 1.807) is 11.3 Å². The highest BCUT2D eigenvalue weighted by Gasteiger charge is 2.22. The summed E-state index contributed by atoms with van der Waals surface area (Å²) >= 11 is 1.56.